The highest BCUT2D eigenvalue weighted by molar-refractivity contribution is 7.47. The van der Waals surface area contributed by atoms with Crippen LogP contribution in [0.1, 0.15) is 245 Å². The predicted molar refractivity (Wildman–Crippen MR) is 318 cm³/mol. The summed E-state index contributed by atoms with van der Waals surface area (Å²) in [4.78, 5) is 37.6. The summed E-state index contributed by atoms with van der Waals surface area (Å²) in [6.45, 7) is 6.81. The van der Waals surface area contributed by atoms with E-state index in [1.54, 1.807) is 0 Å². The molecule has 0 aromatic rings. The molecule has 74 heavy (non-hydrogen) atoms. The van der Waals surface area contributed by atoms with E-state index in [4.69, 9.17) is 13.8 Å². The third-order valence-corrected chi connectivity index (χ3v) is 13.8. The first-order valence-corrected chi connectivity index (χ1v) is 31.6. The maximum absolute atomic E-state index is 13.5. The van der Waals surface area contributed by atoms with E-state index < -0.39 is 20.0 Å². The van der Waals surface area contributed by atoms with Crippen molar-refractivity contribution in [3.63, 3.8) is 0 Å². The lowest BCUT2D eigenvalue weighted by molar-refractivity contribution is -0.870. The van der Waals surface area contributed by atoms with Crippen molar-refractivity contribution in [3.05, 3.63) is 97.2 Å². The number of hydrogen-bond donors (Lipinski definition) is 2. The molecular formula is C64H114N2O7P+. The molecule has 2 N–H and O–H groups in total. The van der Waals surface area contributed by atoms with Gasteiger partial charge < -0.3 is 19.4 Å². The Hall–Kier alpha value is -3.07. The highest BCUT2D eigenvalue weighted by Gasteiger charge is 2.30. The van der Waals surface area contributed by atoms with Crippen molar-refractivity contribution >= 4 is 19.7 Å². The number of amides is 1. The fourth-order valence-electron chi connectivity index (χ4n) is 8.16. The summed E-state index contributed by atoms with van der Waals surface area (Å²) in [6.07, 6.45) is 71.2. The van der Waals surface area contributed by atoms with E-state index in [2.05, 4.69) is 105 Å². The predicted octanol–water partition coefficient (Wildman–Crippen LogP) is 18.4. The molecule has 10 heteroatoms. The minimum Gasteiger partial charge on any atom is -0.456 e. The molecular weight excluding hydrogens is 940 g/mol. The van der Waals surface area contributed by atoms with E-state index >= 15 is 0 Å². The first kappa shape index (κ1) is 70.9. The molecule has 0 aliphatic rings. The number of ether oxygens (including phenoxy) is 1. The third-order valence-electron chi connectivity index (χ3n) is 12.8. The average Bonchev–Trinajstić information content (AvgIpc) is 3.36. The molecule has 0 aromatic carbocycles. The lowest BCUT2D eigenvalue weighted by Crippen LogP contribution is -2.47. The SMILES string of the molecule is CC/C=C/C=C/C=C\CCCCCCCC(=O)NC(COP(=O)(O)OCC[N+](C)(C)C)C(/C=C\CCCCCCCCCCCC)OC(=O)CCCCCCCCC/C=C\C/C=C\C/C=C\C/C=C\CCCCC. The highest BCUT2D eigenvalue weighted by Crippen LogP contribution is 2.43. The Labute approximate surface area is 456 Å². The second-order valence-electron chi connectivity index (χ2n) is 21.2. The number of hydrogen-bond acceptors (Lipinski definition) is 6. The summed E-state index contributed by atoms with van der Waals surface area (Å²) in [5.41, 5.74) is 0. The minimum atomic E-state index is -4.46. The van der Waals surface area contributed by atoms with Crippen LogP contribution < -0.4 is 5.32 Å². The van der Waals surface area contributed by atoms with Crippen LogP contribution in [0, 0.1) is 0 Å². The maximum atomic E-state index is 13.5. The van der Waals surface area contributed by atoms with E-state index in [1.165, 1.54) is 96.3 Å². The molecule has 0 aliphatic carbocycles. The van der Waals surface area contributed by atoms with Crippen LogP contribution in [-0.2, 0) is 27.9 Å². The van der Waals surface area contributed by atoms with Crippen molar-refractivity contribution in [1.82, 2.24) is 5.32 Å². The molecule has 9 nitrogen and oxygen atoms in total. The summed E-state index contributed by atoms with van der Waals surface area (Å²) in [5, 5.41) is 3.03. The number of quaternary nitrogens is 1. The smallest absolute Gasteiger partial charge is 0.456 e. The number of phosphoric ester groups is 1. The second kappa shape index (κ2) is 53.3. The molecule has 0 saturated carbocycles. The zero-order chi connectivity index (χ0) is 54.3. The van der Waals surface area contributed by atoms with E-state index in [9.17, 15) is 19.0 Å². The number of allylic oxidation sites excluding steroid dienone is 15. The van der Waals surface area contributed by atoms with Gasteiger partial charge in [0.25, 0.3) is 0 Å². The third kappa shape index (κ3) is 53.7. The van der Waals surface area contributed by atoms with Crippen molar-refractivity contribution in [3.8, 4) is 0 Å². The Kier molecular flexibility index (Phi) is 51.1. The monoisotopic (exact) mass is 1050 g/mol. The molecule has 0 rings (SSSR count). The molecule has 3 atom stereocenters. The van der Waals surface area contributed by atoms with E-state index in [0.29, 0.717) is 17.4 Å². The Bertz CT molecular complexity index is 1590. The summed E-state index contributed by atoms with van der Waals surface area (Å²) in [7, 11) is 1.46. The van der Waals surface area contributed by atoms with Gasteiger partial charge in [0.05, 0.1) is 33.8 Å². The standard InChI is InChI=1S/C64H113N2O7P/c1-7-10-13-16-19-22-25-28-29-30-31-32-33-34-35-36-37-39-42-45-48-51-54-57-64(68)73-62(55-52-49-46-43-40-27-24-21-18-15-12-9-3)61(60-72-74(69,70)71-59-58-66(4,5)6)65-63(67)56-53-50-47-44-41-38-26-23-20-17-14-11-8-2/h11,14,17,19-20,22-23,26,28-29,31-32,34-35,52,55,61-62H,7-10,12-13,15-16,18,21,24-25,27,30,33,36-51,53-54,56-60H2,1-6H3,(H-,65,67,69,70)/p+1/b14-11+,20-17+,22-19-,26-23-,29-28-,32-31-,35-34-,55-52-. The molecule has 0 heterocycles. The van der Waals surface area contributed by atoms with E-state index in [-0.39, 0.29) is 31.5 Å². The van der Waals surface area contributed by atoms with E-state index in [0.717, 1.165) is 116 Å². The molecule has 0 saturated heterocycles. The van der Waals surface area contributed by atoms with Gasteiger partial charge in [0.2, 0.25) is 5.91 Å². The molecule has 0 spiro atoms. The van der Waals surface area contributed by atoms with Gasteiger partial charge in [-0.15, -0.1) is 0 Å². The fraction of sp³-hybridized carbons (Fsp3) is 0.719. The maximum Gasteiger partial charge on any atom is 0.472 e. The van der Waals surface area contributed by atoms with Gasteiger partial charge in [0, 0.05) is 12.8 Å². The van der Waals surface area contributed by atoms with Gasteiger partial charge in [0.1, 0.15) is 19.3 Å². The van der Waals surface area contributed by atoms with Crippen LogP contribution in [0.4, 0.5) is 0 Å². The number of nitrogens with one attached hydrogen (secondary N) is 1. The molecule has 0 aliphatic heterocycles. The summed E-state index contributed by atoms with van der Waals surface area (Å²) >= 11 is 0. The zero-order valence-electron chi connectivity index (χ0n) is 48.6. The zero-order valence-corrected chi connectivity index (χ0v) is 49.4. The minimum absolute atomic E-state index is 0.0293. The fourth-order valence-corrected chi connectivity index (χ4v) is 8.89. The summed E-state index contributed by atoms with van der Waals surface area (Å²) < 4.78 is 30.6. The topological polar surface area (TPSA) is 111 Å². The van der Waals surface area contributed by atoms with Gasteiger partial charge >= 0.3 is 13.8 Å². The van der Waals surface area contributed by atoms with Crippen LogP contribution in [0.3, 0.4) is 0 Å². The molecule has 426 valence electrons. The molecule has 3 unspecified atom stereocenters. The largest absolute Gasteiger partial charge is 0.472 e. The molecule has 0 fully saturated rings. The Morgan fingerprint density at radius 2 is 0.919 bits per heavy atom. The van der Waals surface area contributed by atoms with Crippen molar-refractivity contribution in [2.45, 2.75) is 258 Å². The number of rotatable bonds is 53. The quantitative estimate of drug-likeness (QED) is 0.0156. The van der Waals surface area contributed by atoms with Crippen LogP contribution >= 0.6 is 7.82 Å². The number of likely N-dealkylation sites (N-methyl/N-ethyl adjacent to an activating group) is 1. The van der Waals surface area contributed by atoms with Crippen LogP contribution in [0.15, 0.2) is 97.2 Å². The van der Waals surface area contributed by atoms with Gasteiger partial charge in [-0.25, -0.2) is 4.57 Å². The van der Waals surface area contributed by atoms with Crippen molar-refractivity contribution in [2.75, 3.05) is 40.9 Å². The lowest BCUT2D eigenvalue weighted by atomic mass is 10.0. The normalized spacial score (nSPS) is 14.4. The average molecular weight is 1050 g/mol. The van der Waals surface area contributed by atoms with Gasteiger partial charge in [-0.2, -0.15) is 0 Å². The Morgan fingerprint density at radius 3 is 1.43 bits per heavy atom. The number of nitrogens with zero attached hydrogens (tertiary/aromatic N) is 1. The number of unbranched alkanes of at least 4 members (excludes halogenated alkanes) is 25. The number of carbonyl (C=O) groups excluding carboxylic acids is 2. The van der Waals surface area contributed by atoms with Crippen molar-refractivity contribution < 1.29 is 37.3 Å². The van der Waals surface area contributed by atoms with Gasteiger partial charge in [0.15, 0.2) is 0 Å². The summed E-state index contributed by atoms with van der Waals surface area (Å²) in [5.74, 6) is -0.546. The molecule has 0 aromatic heterocycles. The van der Waals surface area contributed by atoms with Crippen LogP contribution in [0.5, 0.6) is 0 Å². The van der Waals surface area contributed by atoms with Crippen molar-refractivity contribution in [2.24, 2.45) is 0 Å². The number of carbonyl (C=O) groups is 2. The first-order valence-electron chi connectivity index (χ1n) is 30.1. The van der Waals surface area contributed by atoms with Crippen LogP contribution in [0.25, 0.3) is 0 Å². The van der Waals surface area contributed by atoms with Crippen molar-refractivity contribution in [1.29, 1.82) is 0 Å². The van der Waals surface area contributed by atoms with E-state index in [1.807, 2.05) is 39.4 Å². The lowest BCUT2D eigenvalue weighted by Gasteiger charge is -2.27. The van der Waals surface area contributed by atoms with Gasteiger partial charge in [-0.05, 0) is 96.0 Å². The van der Waals surface area contributed by atoms with Gasteiger partial charge in [-0.3, -0.25) is 18.6 Å². The molecule has 1 amide bonds. The number of esters is 1. The van der Waals surface area contributed by atoms with Crippen LogP contribution in [0.2, 0.25) is 0 Å². The second-order valence-corrected chi connectivity index (χ2v) is 22.7. The van der Waals surface area contributed by atoms with Crippen LogP contribution in [-0.4, -0.2) is 74.3 Å². The molecule has 0 radical (unpaired) electrons. The highest BCUT2D eigenvalue weighted by atomic mass is 31.2. The summed E-state index contributed by atoms with van der Waals surface area (Å²) in [6, 6.07) is -0.868. The number of phosphoric acid groups is 1. The Morgan fingerprint density at radius 1 is 0.500 bits per heavy atom. The van der Waals surface area contributed by atoms with Gasteiger partial charge in [-0.1, -0.05) is 234 Å². The first-order chi connectivity index (χ1) is 35.9. The Balaban J connectivity index is 5.27. The molecule has 0 bridgehead atoms.